The summed E-state index contributed by atoms with van der Waals surface area (Å²) in [7, 11) is 0. The number of ether oxygens (including phenoxy) is 2. The zero-order valence-electron chi connectivity index (χ0n) is 15.2. The summed E-state index contributed by atoms with van der Waals surface area (Å²) in [5.74, 6) is 0.603. The van der Waals surface area contributed by atoms with Crippen molar-refractivity contribution >= 4 is 5.91 Å². The molecule has 1 aliphatic heterocycles. The molecule has 0 aromatic heterocycles. The molecule has 1 amide bonds. The van der Waals surface area contributed by atoms with E-state index >= 15 is 0 Å². The number of morpholine rings is 1. The molecule has 0 aliphatic carbocycles. The van der Waals surface area contributed by atoms with Gasteiger partial charge in [0.05, 0.1) is 13.2 Å². The Labute approximate surface area is 154 Å². The van der Waals surface area contributed by atoms with Gasteiger partial charge >= 0.3 is 0 Å². The SMILES string of the molecule is CC(Oc1ccc(-c2ccccc2)cc1)C(=O)NCCN1CCOCC1. The highest BCUT2D eigenvalue weighted by Crippen LogP contribution is 2.22. The summed E-state index contributed by atoms with van der Waals surface area (Å²) in [6, 6.07) is 18.0. The molecule has 0 saturated carbocycles. The fourth-order valence-electron chi connectivity index (χ4n) is 2.92. The molecule has 1 N–H and O–H groups in total. The predicted molar refractivity (Wildman–Crippen MR) is 102 cm³/mol. The molecule has 1 unspecified atom stereocenters. The third-order valence-electron chi connectivity index (χ3n) is 4.47. The van der Waals surface area contributed by atoms with Gasteiger partial charge in [-0.05, 0) is 30.2 Å². The molecule has 3 rings (SSSR count). The van der Waals surface area contributed by atoms with Gasteiger partial charge in [-0.15, -0.1) is 0 Å². The number of nitrogens with zero attached hydrogens (tertiary/aromatic N) is 1. The minimum atomic E-state index is -0.526. The number of rotatable bonds is 7. The number of hydrogen-bond acceptors (Lipinski definition) is 4. The van der Waals surface area contributed by atoms with Crippen LogP contribution in [0.2, 0.25) is 0 Å². The van der Waals surface area contributed by atoms with Crippen LogP contribution in [-0.4, -0.2) is 56.3 Å². The quantitative estimate of drug-likeness (QED) is 0.830. The number of carbonyl (C=O) groups excluding carboxylic acids is 1. The van der Waals surface area contributed by atoms with E-state index < -0.39 is 6.10 Å². The van der Waals surface area contributed by atoms with Gasteiger partial charge in [-0.3, -0.25) is 9.69 Å². The van der Waals surface area contributed by atoms with E-state index in [1.165, 1.54) is 0 Å². The number of amides is 1. The summed E-state index contributed by atoms with van der Waals surface area (Å²) in [4.78, 5) is 14.5. The minimum absolute atomic E-state index is 0.0922. The van der Waals surface area contributed by atoms with Crippen molar-refractivity contribution < 1.29 is 14.3 Å². The molecular weight excluding hydrogens is 328 g/mol. The maximum Gasteiger partial charge on any atom is 0.260 e. The largest absolute Gasteiger partial charge is 0.481 e. The van der Waals surface area contributed by atoms with Gasteiger partial charge < -0.3 is 14.8 Å². The summed E-state index contributed by atoms with van der Waals surface area (Å²) in [5.41, 5.74) is 2.29. The van der Waals surface area contributed by atoms with E-state index in [4.69, 9.17) is 9.47 Å². The molecule has 0 bridgehead atoms. The fraction of sp³-hybridized carbons (Fsp3) is 0.381. The average molecular weight is 354 g/mol. The Bertz CT molecular complexity index is 682. The lowest BCUT2D eigenvalue weighted by molar-refractivity contribution is -0.127. The fourth-order valence-corrected chi connectivity index (χ4v) is 2.92. The highest BCUT2D eigenvalue weighted by molar-refractivity contribution is 5.80. The third-order valence-corrected chi connectivity index (χ3v) is 4.47. The topological polar surface area (TPSA) is 50.8 Å². The minimum Gasteiger partial charge on any atom is -0.481 e. The van der Waals surface area contributed by atoms with E-state index in [-0.39, 0.29) is 5.91 Å². The van der Waals surface area contributed by atoms with Crippen molar-refractivity contribution in [1.82, 2.24) is 10.2 Å². The van der Waals surface area contributed by atoms with Crippen LogP contribution in [0.1, 0.15) is 6.92 Å². The van der Waals surface area contributed by atoms with E-state index in [0.717, 1.165) is 44.0 Å². The number of benzene rings is 2. The standard InChI is InChI=1S/C21H26N2O3/c1-17(21(24)22-11-12-23-13-15-25-16-14-23)26-20-9-7-19(8-10-20)18-5-3-2-4-6-18/h2-10,17H,11-16H2,1H3,(H,22,24). The Morgan fingerprint density at radius 3 is 2.42 bits per heavy atom. The molecule has 0 radical (unpaired) electrons. The summed E-state index contributed by atoms with van der Waals surface area (Å²) >= 11 is 0. The average Bonchev–Trinajstić information content (AvgIpc) is 2.70. The first-order valence-electron chi connectivity index (χ1n) is 9.12. The summed E-state index contributed by atoms with van der Waals surface area (Å²) in [5, 5.41) is 2.94. The van der Waals surface area contributed by atoms with Gasteiger partial charge in [-0.2, -0.15) is 0 Å². The van der Waals surface area contributed by atoms with Crippen molar-refractivity contribution in [3.63, 3.8) is 0 Å². The zero-order chi connectivity index (χ0) is 18.2. The van der Waals surface area contributed by atoms with Crippen molar-refractivity contribution in [3.8, 4) is 16.9 Å². The molecule has 1 aliphatic rings. The molecule has 2 aromatic rings. The molecule has 1 saturated heterocycles. The maximum absolute atomic E-state index is 12.2. The Hall–Kier alpha value is -2.37. The maximum atomic E-state index is 12.2. The smallest absolute Gasteiger partial charge is 0.260 e. The third kappa shape index (κ3) is 5.31. The summed E-state index contributed by atoms with van der Waals surface area (Å²) < 4.78 is 11.1. The molecule has 138 valence electrons. The first-order chi connectivity index (χ1) is 12.7. The lowest BCUT2D eigenvalue weighted by Gasteiger charge is -2.26. The van der Waals surface area contributed by atoms with E-state index in [2.05, 4.69) is 22.3 Å². The molecule has 0 spiro atoms. The van der Waals surface area contributed by atoms with Crippen LogP contribution >= 0.6 is 0 Å². The summed E-state index contributed by atoms with van der Waals surface area (Å²) in [6.45, 7) is 6.63. The Balaban J connectivity index is 1.44. The lowest BCUT2D eigenvalue weighted by Crippen LogP contribution is -2.43. The van der Waals surface area contributed by atoms with Gasteiger partial charge in [0.2, 0.25) is 0 Å². The van der Waals surface area contributed by atoms with E-state index in [1.54, 1.807) is 6.92 Å². The van der Waals surface area contributed by atoms with Crippen molar-refractivity contribution in [2.45, 2.75) is 13.0 Å². The van der Waals surface area contributed by atoms with E-state index in [1.807, 2.05) is 42.5 Å². The Morgan fingerprint density at radius 2 is 1.73 bits per heavy atom. The molecule has 5 nitrogen and oxygen atoms in total. The molecule has 2 aromatic carbocycles. The first kappa shape index (κ1) is 18.4. The molecule has 1 heterocycles. The van der Waals surface area contributed by atoms with Crippen molar-refractivity contribution in [2.75, 3.05) is 39.4 Å². The van der Waals surface area contributed by atoms with E-state index in [9.17, 15) is 4.79 Å². The van der Waals surface area contributed by atoms with Crippen LogP contribution < -0.4 is 10.1 Å². The second-order valence-electron chi connectivity index (χ2n) is 6.40. The normalized spacial score (nSPS) is 16.0. The van der Waals surface area contributed by atoms with Crippen LogP contribution in [0.3, 0.4) is 0 Å². The number of carbonyl (C=O) groups is 1. The van der Waals surface area contributed by atoms with Crippen LogP contribution in [0.15, 0.2) is 54.6 Å². The van der Waals surface area contributed by atoms with Crippen LogP contribution in [-0.2, 0) is 9.53 Å². The van der Waals surface area contributed by atoms with Crippen LogP contribution in [0.5, 0.6) is 5.75 Å². The van der Waals surface area contributed by atoms with Gasteiger partial charge in [-0.25, -0.2) is 0 Å². The van der Waals surface area contributed by atoms with Crippen LogP contribution in [0.4, 0.5) is 0 Å². The first-order valence-corrected chi connectivity index (χ1v) is 9.12. The second kappa shape index (κ2) is 9.36. The van der Waals surface area contributed by atoms with Crippen LogP contribution in [0.25, 0.3) is 11.1 Å². The molecular formula is C21H26N2O3. The van der Waals surface area contributed by atoms with Crippen molar-refractivity contribution in [2.24, 2.45) is 0 Å². The van der Waals surface area contributed by atoms with Gasteiger partial charge in [0.1, 0.15) is 5.75 Å². The molecule has 1 fully saturated rings. The summed E-state index contributed by atoms with van der Waals surface area (Å²) in [6.07, 6.45) is -0.526. The van der Waals surface area contributed by atoms with Crippen molar-refractivity contribution in [3.05, 3.63) is 54.6 Å². The van der Waals surface area contributed by atoms with Gasteiger partial charge in [0.15, 0.2) is 6.10 Å². The number of nitrogens with one attached hydrogen (secondary N) is 1. The highest BCUT2D eigenvalue weighted by atomic mass is 16.5. The number of hydrogen-bond donors (Lipinski definition) is 1. The highest BCUT2D eigenvalue weighted by Gasteiger charge is 2.15. The Kier molecular flexibility index (Phi) is 6.63. The Morgan fingerprint density at radius 1 is 1.08 bits per heavy atom. The molecule has 1 atom stereocenters. The lowest BCUT2D eigenvalue weighted by atomic mass is 10.1. The van der Waals surface area contributed by atoms with Gasteiger partial charge in [0.25, 0.3) is 5.91 Å². The predicted octanol–water partition coefficient (Wildman–Crippen LogP) is 2.57. The van der Waals surface area contributed by atoms with E-state index in [0.29, 0.717) is 12.3 Å². The molecule has 26 heavy (non-hydrogen) atoms. The van der Waals surface area contributed by atoms with Crippen LogP contribution in [0, 0.1) is 0 Å². The second-order valence-corrected chi connectivity index (χ2v) is 6.40. The molecule has 5 heteroatoms. The monoisotopic (exact) mass is 354 g/mol. The van der Waals surface area contributed by atoms with Gasteiger partial charge in [0, 0.05) is 26.2 Å². The van der Waals surface area contributed by atoms with Gasteiger partial charge in [-0.1, -0.05) is 42.5 Å². The van der Waals surface area contributed by atoms with Crippen molar-refractivity contribution in [1.29, 1.82) is 0 Å². The zero-order valence-corrected chi connectivity index (χ0v) is 15.2.